The lowest BCUT2D eigenvalue weighted by Gasteiger charge is -2.21. The van der Waals surface area contributed by atoms with Crippen molar-refractivity contribution < 1.29 is 0 Å². The molecule has 2 unspecified atom stereocenters. The quantitative estimate of drug-likeness (QED) is 0.683. The van der Waals surface area contributed by atoms with Crippen LogP contribution in [0.15, 0.2) is 30.3 Å². The minimum absolute atomic E-state index is 1.06. The van der Waals surface area contributed by atoms with Crippen LogP contribution < -0.4 is 5.30 Å². The molecule has 1 aromatic carbocycles. The van der Waals surface area contributed by atoms with Crippen molar-refractivity contribution in [2.24, 2.45) is 0 Å². The van der Waals surface area contributed by atoms with Gasteiger partial charge in [0.1, 0.15) is 0 Å². The molecule has 2 rings (SSSR count). The summed E-state index contributed by atoms with van der Waals surface area (Å²) >= 11 is 0. The van der Waals surface area contributed by atoms with Crippen LogP contribution in [0.1, 0.15) is 32.1 Å². The molecule has 0 radical (unpaired) electrons. The van der Waals surface area contributed by atoms with Crippen LogP contribution in [0.5, 0.6) is 0 Å². The van der Waals surface area contributed by atoms with Crippen molar-refractivity contribution in [2.75, 3.05) is 0 Å². The molecule has 76 valence electrons. The van der Waals surface area contributed by atoms with Crippen molar-refractivity contribution in [3.05, 3.63) is 30.3 Å². The maximum absolute atomic E-state index is 2.27. The molecule has 0 aliphatic heterocycles. The van der Waals surface area contributed by atoms with Crippen LogP contribution in [0.25, 0.3) is 0 Å². The van der Waals surface area contributed by atoms with Crippen LogP contribution in [-0.4, -0.2) is 5.66 Å². The van der Waals surface area contributed by atoms with Crippen LogP contribution in [0, 0.1) is 0 Å². The summed E-state index contributed by atoms with van der Waals surface area (Å²) in [4.78, 5) is 0. The highest BCUT2D eigenvalue weighted by atomic mass is 32.0. The SMILES string of the molecule is c1ccc(PPC2CCCCC2)cc1. The molecule has 1 aliphatic carbocycles. The fourth-order valence-electron chi connectivity index (χ4n) is 1.95. The minimum atomic E-state index is 1.06. The third-order valence-corrected chi connectivity index (χ3v) is 7.08. The van der Waals surface area contributed by atoms with Crippen LogP contribution in [0.4, 0.5) is 0 Å². The lowest BCUT2D eigenvalue weighted by Crippen LogP contribution is -2.05. The first-order chi connectivity index (χ1) is 6.95. The molecule has 0 saturated heterocycles. The van der Waals surface area contributed by atoms with Gasteiger partial charge in [-0.1, -0.05) is 66.1 Å². The van der Waals surface area contributed by atoms with E-state index in [1.807, 2.05) is 0 Å². The van der Waals surface area contributed by atoms with Crippen molar-refractivity contribution in [3.8, 4) is 0 Å². The van der Waals surface area contributed by atoms with Crippen molar-refractivity contribution in [3.63, 3.8) is 0 Å². The average molecular weight is 224 g/mol. The Morgan fingerprint density at radius 3 is 2.36 bits per heavy atom. The molecule has 2 atom stereocenters. The Kier molecular flexibility index (Phi) is 4.42. The lowest BCUT2D eigenvalue weighted by atomic mass is 10.0. The van der Waals surface area contributed by atoms with Crippen molar-refractivity contribution in [2.45, 2.75) is 37.8 Å². The largest absolute Gasteiger partial charge is 0.0914 e. The molecular weight excluding hydrogens is 206 g/mol. The molecule has 0 bridgehead atoms. The van der Waals surface area contributed by atoms with E-state index in [1.165, 1.54) is 40.4 Å². The van der Waals surface area contributed by atoms with Gasteiger partial charge in [-0.3, -0.25) is 0 Å². The molecule has 0 spiro atoms. The second-order valence-corrected chi connectivity index (χ2v) is 7.52. The number of hydrogen-bond acceptors (Lipinski definition) is 0. The molecule has 1 aromatic rings. The molecule has 14 heavy (non-hydrogen) atoms. The van der Waals surface area contributed by atoms with E-state index in [4.69, 9.17) is 0 Å². The van der Waals surface area contributed by atoms with Gasteiger partial charge in [-0.15, -0.1) is 0 Å². The van der Waals surface area contributed by atoms with E-state index >= 15 is 0 Å². The first-order valence-corrected chi connectivity index (χ1v) is 8.59. The van der Waals surface area contributed by atoms with E-state index in [9.17, 15) is 0 Å². The van der Waals surface area contributed by atoms with Gasteiger partial charge >= 0.3 is 0 Å². The minimum Gasteiger partial charge on any atom is -0.0914 e. The van der Waals surface area contributed by atoms with E-state index < -0.39 is 0 Å². The summed E-state index contributed by atoms with van der Waals surface area (Å²) in [6, 6.07) is 11.0. The zero-order chi connectivity index (χ0) is 9.64. The highest BCUT2D eigenvalue weighted by Crippen LogP contribution is 2.45. The summed E-state index contributed by atoms with van der Waals surface area (Å²) < 4.78 is 0. The molecule has 0 nitrogen and oxygen atoms in total. The van der Waals surface area contributed by atoms with Crippen LogP contribution in [0.2, 0.25) is 0 Å². The third-order valence-electron chi connectivity index (χ3n) is 2.80. The Balaban J connectivity index is 1.76. The summed E-state index contributed by atoms with van der Waals surface area (Å²) in [5.74, 6) is 0. The standard InChI is InChI=1S/C12H18P2/c1-3-7-11(8-4-1)13-14-12-9-5-2-6-10-12/h1,3-4,7-8,12-14H,2,5-6,9-10H2. The maximum atomic E-state index is 2.27. The van der Waals surface area contributed by atoms with Crippen molar-refractivity contribution >= 4 is 21.8 Å². The molecule has 0 N–H and O–H groups in total. The number of rotatable bonds is 3. The summed E-state index contributed by atoms with van der Waals surface area (Å²) in [5.41, 5.74) is 1.06. The third kappa shape index (κ3) is 3.34. The van der Waals surface area contributed by atoms with Crippen LogP contribution in [0.3, 0.4) is 0 Å². The molecule has 1 saturated carbocycles. The van der Waals surface area contributed by atoms with Gasteiger partial charge in [-0.25, -0.2) is 0 Å². The van der Waals surface area contributed by atoms with Gasteiger partial charge < -0.3 is 0 Å². The molecule has 2 heteroatoms. The molecule has 0 amide bonds. The van der Waals surface area contributed by atoms with Gasteiger partial charge in [-0.05, 0) is 23.8 Å². The van der Waals surface area contributed by atoms with Crippen LogP contribution in [-0.2, 0) is 0 Å². The van der Waals surface area contributed by atoms with E-state index in [0.717, 1.165) is 13.9 Å². The van der Waals surface area contributed by atoms with Gasteiger partial charge in [0, 0.05) is 0 Å². The Morgan fingerprint density at radius 2 is 1.64 bits per heavy atom. The Labute approximate surface area is 90.3 Å². The normalized spacial score (nSPS) is 20.0. The predicted octanol–water partition coefficient (Wildman–Crippen LogP) is 3.92. The van der Waals surface area contributed by atoms with E-state index in [0.29, 0.717) is 0 Å². The Hall–Kier alpha value is 0.0800. The second kappa shape index (κ2) is 5.84. The van der Waals surface area contributed by atoms with Gasteiger partial charge in [0.2, 0.25) is 0 Å². The Bertz CT molecular complexity index is 252. The van der Waals surface area contributed by atoms with Gasteiger partial charge in [-0.2, -0.15) is 0 Å². The zero-order valence-corrected chi connectivity index (χ0v) is 10.5. The van der Waals surface area contributed by atoms with Crippen molar-refractivity contribution in [1.29, 1.82) is 0 Å². The summed E-state index contributed by atoms with van der Waals surface area (Å²) in [7, 11) is 2.25. The maximum Gasteiger partial charge on any atom is -0.0197 e. The molecule has 0 aromatic heterocycles. The van der Waals surface area contributed by atoms with Gasteiger partial charge in [0.25, 0.3) is 0 Å². The van der Waals surface area contributed by atoms with Crippen LogP contribution >= 0.6 is 16.5 Å². The van der Waals surface area contributed by atoms with E-state index in [1.54, 1.807) is 5.30 Å². The topological polar surface area (TPSA) is 0 Å². The first-order valence-electron chi connectivity index (χ1n) is 5.52. The summed E-state index contributed by atoms with van der Waals surface area (Å²) in [5, 5.41) is 1.55. The number of hydrogen-bond donors (Lipinski definition) is 0. The smallest absolute Gasteiger partial charge is 0.0197 e. The monoisotopic (exact) mass is 224 g/mol. The van der Waals surface area contributed by atoms with Crippen molar-refractivity contribution in [1.82, 2.24) is 0 Å². The van der Waals surface area contributed by atoms with E-state index in [-0.39, 0.29) is 0 Å². The molecule has 0 heterocycles. The van der Waals surface area contributed by atoms with Gasteiger partial charge in [0.05, 0.1) is 0 Å². The summed E-state index contributed by atoms with van der Waals surface area (Å²) in [6.45, 7) is 0. The van der Waals surface area contributed by atoms with Gasteiger partial charge in [0.15, 0.2) is 0 Å². The summed E-state index contributed by atoms with van der Waals surface area (Å²) in [6.07, 6.45) is 7.44. The zero-order valence-electron chi connectivity index (χ0n) is 8.50. The fourth-order valence-corrected chi connectivity index (χ4v) is 5.86. The number of benzene rings is 1. The molecule has 1 fully saturated rings. The molecule has 1 aliphatic rings. The van der Waals surface area contributed by atoms with E-state index in [2.05, 4.69) is 30.3 Å². The molecular formula is C12H18P2. The lowest BCUT2D eigenvalue weighted by molar-refractivity contribution is 0.515. The average Bonchev–Trinajstić information content (AvgIpc) is 2.29. The highest BCUT2D eigenvalue weighted by molar-refractivity contribution is 8.15. The first kappa shape index (κ1) is 10.6. The predicted molar refractivity (Wildman–Crippen MR) is 69.6 cm³/mol. The highest BCUT2D eigenvalue weighted by Gasteiger charge is 2.12. The fraction of sp³-hybridized carbons (Fsp3) is 0.500. The Morgan fingerprint density at radius 1 is 0.929 bits per heavy atom. The second-order valence-electron chi connectivity index (χ2n) is 3.97.